The first-order valence-corrected chi connectivity index (χ1v) is 5.15. The van der Waals surface area contributed by atoms with Gasteiger partial charge in [-0.25, -0.2) is 0 Å². The number of nitrogens with one attached hydrogen (secondary N) is 2. The van der Waals surface area contributed by atoms with E-state index in [4.69, 9.17) is 0 Å². The molecule has 2 N–H and O–H groups in total. The second-order valence-corrected chi connectivity index (χ2v) is 4.29. The van der Waals surface area contributed by atoms with Gasteiger partial charge in [-0.15, -0.1) is 0 Å². The Morgan fingerprint density at radius 1 is 1.27 bits per heavy atom. The first-order valence-electron chi connectivity index (χ1n) is 4.58. The van der Waals surface area contributed by atoms with Gasteiger partial charge in [0.2, 0.25) is 0 Å². The van der Waals surface area contributed by atoms with Crippen molar-refractivity contribution >= 4 is 9.39 Å². The molecule has 2 rings (SSSR count). The number of rotatable bonds is 2. The van der Waals surface area contributed by atoms with E-state index in [0.717, 1.165) is 18.0 Å². The molecule has 2 fully saturated rings. The van der Waals surface area contributed by atoms with Crippen molar-refractivity contribution in [3.05, 3.63) is 0 Å². The van der Waals surface area contributed by atoms with Crippen molar-refractivity contribution in [2.45, 2.75) is 37.8 Å². The topological polar surface area (TPSA) is 24.1 Å². The van der Waals surface area contributed by atoms with Crippen LogP contribution in [0, 0.1) is 5.92 Å². The normalized spacial score (nSPS) is 42.8. The van der Waals surface area contributed by atoms with Gasteiger partial charge in [-0.2, -0.15) is 0 Å². The highest BCUT2D eigenvalue weighted by Gasteiger charge is 2.32. The molecular formula is C8H17N2P. The molecule has 0 aromatic heterocycles. The summed E-state index contributed by atoms with van der Waals surface area (Å²) in [6.07, 6.45) is 5.60. The summed E-state index contributed by atoms with van der Waals surface area (Å²) in [4.78, 5) is 0. The highest BCUT2D eigenvalue weighted by atomic mass is 31.0. The molecule has 2 aliphatic rings. The second kappa shape index (κ2) is 3.38. The van der Waals surface area contributed by atoms with E-state index in [1.165, 1.54) is 32.2 Å². The van der Waals surface area contributed by atoms with Crippen molar-refractivity contribution in [2.24, 2.45) is 5.92 Å². The van der Waals surface area contributed by atoms with Crippen molar-refractivity contribution in [2.75, 3.05) is 6.54 Å². The van der Waals surface area contributed by atoms with E-state index in [-0.39, 0.29) is 0 Å². The fraction of sp³-hybridized carbons (Fsp3) is 1.00. The van der Waals surface area contributed by atoms with Crippen LogP contribution in [0.15, 0.2) is 0 Å². The lowest BCUT2D eigenvalue weighted by Crippen LogP contribution is -2.40. The summed E-state index contributed by atoms with van der Waals surface area (Å²) >= 11 is 0. The minimum absolute atomic E-state index is 0.845. The molecule has 0 aromatic carbocycles. The summed E-state index contributed by atoms with van der Waals surface area (Å²) in [6, 6.07) is 1.69. The van der Waals surface area contributed by atoms with E-state index in [0.29, 0.717) is 0 Å². The molecule has 0 aliphatic carbocycles. The van der Waals surface area contributed by atoms with Crippen molar-refractivity contribution in [1.82, 2.24) is 10.4 Å². The molecule has 4 atom stereocenters. The van der Waals surface area contributed by atoms with Gasteiger partial charge >= 0.3 is 0 Å². The highest BCUT2D eigenvalue weighted by Crippen LogP contribution is 2.30. The van der Waals surface area contributed by atoms with E-state index < -0.39 is 0 Å². The molecule has 64 valence electrons. The van der Waals surface area contributed by atoms with Gasteiger partial charge in [0.1, 0.15) is 0 Å². The molecule has 2 heterocycles. The van der Waals surface area contributed by atoms with Gasteiger partial charge in [0.05, 0.1) is 0 Å². The van der Waals surface area contributed by atoms with Gasteiger partial charge in [-0.3, -0.25) is 0 Å². The first kappa shape index (κ1) is 7.97. The lowest BCUT2D eigenvalue weighted by atomic mass is 9.93. The molecule has 0 saturated carbocycles. The Bertz CT molecular complexity index is 128. The van der Waals surface area contributed by atoms with Crippen LogP contribution >= 0.6 is 9.39 Å². The smallest absolute Gasteiger partial charge is 0.00733 e. The molecule has 0 amide bonds. The molecule has 0 aromatic rings. The zero-order valence-electron chi connectivity index (χ0n) is 6.84. The third kappa shape index (κ3) is 1.74. The molecule has 2 saturated heterocycles. The molecular weight excluding hydrogens is 155 g/mol. The summed E-state index contributed by atoms with van der Waals surface area (Å²) in [7, 11) is 2.60. The van der Waals surface area contributed by atoms with Crippen molar-refractivity contribution < 1.29 is 0 Å². The van der Waals surface area contributed by atoms with E-state index in [2.05, 4.69) is 19.8 Å². The van der Waals surface area contributed by atoms with Crippen LogP contribution in [0.4, 0.5) is 0 Å². The van der Waals surface area contributed by atoms with Gasteiger partial charge in [-0.05, 0) is 31.6 Å². The minimum Gasteiger partial charge on any atom is -0.311 e. The van der Waals surface area contributed by atoms with Crippen LogP contribution in [0.25, 0.3) is 0 Å². The van der Waals surface area contributed by atoms with Crippen molar-refractivity contribution in [3.8, 4) is 0 Å². The van der Waals surface area contributed by atoms with Crippen LogP contribution in [0.5, 0.6) is 0 Å². The molecule has 2 nitrogen and oxygen atoms in total. The van der Waals surface area contributed by atoms with Crippen LogP contribution < -0.4 is 10.4 Å². The lowest BCUT2D eigenvalue weighted by Gasteiger charge is -2.28. The van der Waals surface area contributed by atoms with E-state index in [1.54, 1.807) is 0 Å². The maximum Gasteiger partial charge on any atom is 0.00733 e. The molecule has 2 aliphatic heterocycles. The first-order chi connectivity index (χ1) is 5.38. The van der Waals surface area contributed by atoms with Gasteiger partial charge in [0.25, 0.3) is 0 Å². The molecule has 2 unspecified atom stereocenters. The molecule has 11 heavy (non-hydrogen) atoms. The molecule has 0 radical (unpaired) electrons. The summed E-state index contributed by atoms with van der Waals surface area (Å²) in [5.41, 5.74) is 0. The summed E-state index contributed by atoms with van der Waals surface area (Å²) < 4.78 is 0. The standard InChI is InChI=1S/C8H17N2P/c11-9-5-6-3-7-1-2-8(4-6)10-7/h6-10H,1-5,11H2/t6?,7-,8+. The third-order valence-corrected chi connectivity index (χ3v) is 3.21. The quantitative estimate of drug-likeness (QED) is 0.605. The van der Waals surface area contributed by atoms with Gasteiger partial charge in [0, 0.05) is 18.6 Å². The Labute approximate surface area is 70.8 Å². The molecule has 2 bridgehead atoms. The maximum atomic E-state index is 3.64. The van der Waals surface area contributed by atoms with E-state index in [9.17, 15) is 0 Å². The lowest BCUT2D eigenvalue weighted by molar-refractivity contribution is 0.301. The van der Waals surface area contributed by atoms with Gasteiger partial charge in [0.15, 0.2) is 0 Å². The Balaban J connectivity index is 1.87. The average molecular weight is 172 g/mol. The fourth-order valence-electron chi connectivity index (χ4n) is 2.51. The Morgan fingerprint density at radius 3 is 2.45 bits per heavy atom. The van der Waals surface area contributed by atoms with Crippen molar-refractivity contribution in [1.29, 1.82) is 0 Å². The average Bonchev–Trinajstić information content (AvgIpc) is 2.32. The summed E-state index contributed by atoms with van der Waals surface area (Å²) in [5.74, 6) is 0.922. The number of fused-ring (bicyclic) bond motifs is 2. The van der Waals surface area contributed by atoms with E-state index >= 15 is 0 Å². The SMILES string of the molecule is PNCC1C[C@H]2CC[C@@H](C1)N2. The van der Waals surface area contributed by atoms with Gasteiger partial charge < -0.3 is 10.4 Å². The van der Waals surface area contributed by atoms with Crippen LogP contribution in [0.1, 0.15) is 25.7 Å². The predicted molar refractivity (Wildman–Crippen MR) is 50.4 cm³/mol. The minimum atomic E-state index is 0.845. The molecule has 0 spiro atoms. The third-order valence-electron chi connectivity index (χ3n) is 2.98. The fourth-order valence-corrected chi connectivity index (χ4v) is 2.84. The Morgan fingerprint density at radius 2 is 1.91 bits per heavy atom. The van der Waals surface area contributed by atoms with Crippen LogP contribution in [0.3, 0.4) is 0 Å². The van der Waals surface area contributed by atoms with E-state index in [1.807, 2.05) is 0 Å². The Hall–Kier alpha value is 0.350. The van der Waals surface area contributed by atoms with Crippen molar-refractivity contribution in [3.63, 3.8) is 0 Å². The van der Waals surface area contributed by atoms with Crippen LogP contribution in [0.2, 0.25) is 0 Å². The zero-order chi connectivity index (χ0) is 7.68. The summed E-state index contributed by atoms with van der Waals surface area (Å²) in [5, 5.41) is 6.84. The summed E-state index contributed by atoms with van der Waals surface area (Å²) in [6.45, 7) is 1.18. The Kier molecular flexibility index (Phi) is 2.45. The number of piperidine rings is 1. The predicted octanol–water partition coefficient (Wildman–Crippen LogP) is 0.897. The maximum absolute atomic E-state index is 3.64. The van der Waals surface area contributed by atoms with Gasteiger partial charge in [-0.1, -0.05) is 9.39 Å². The second-order valence-electron chi connectivity index (χ2n) is 3.88. The monoisotopic (exact) mass is 172 g/mol. The zero-order valence-corrected chi connectivity index (χ0v) is 8.00. The molecule has 3 heteroatoms. The highest BCUT2D eigenvalue weighted by molar-refractivity contribution is 7.13. The number of hydrogen-bond donors (Lipinski definition) is 2. The largest absolute Gasteiger partial charge is 0.311 e. The number of hydrogen-bond acceptors (Lipinski definition) is 2. The van der Waals surface area contributed by atoms with Crippen LogP contribution in [-0.2, 0) is 0 Å². The van der Waals surface area contributed by atoms with Crippen LogP contribution in [-0.4, -0.2) is 18.6 Å².